The molecule has 2 nitrogen and oxygen atoms in total. The summed E-state index contributed by atoms with van der Waals surface area (Å²) in [5, 5.41) is 0. The van der Waals surface area contributed by atoms with Crippen LogP contribution >= 0.6 is 0 Å². The van der Waals surface area contributed by atoms with Crippen molar-refractivity contribution >= 4 is 0 Å². The van der Waals surface area contributed by atoms with Crippen LogP contribution in [0.2, 0.25) is 0 Å². The van der Waals surface area contributed by atoms with Crippen LogP contribution < -0.4 is 5.73 Å². The van der Waals surface area contributed by atoms with E-state index in [2.05, 4.69) is 32.9 Å². The van der Waals surface area contributed by atoms with Gasteiger partial charge in [0.15, 0.2) is 0 Å². The number of hydrogen-bond acceptors (Lipinski definition) is 2. The van der Waals surface area contributed by atoms with Gasteiger partial charge in [-0.25, -0.2) is 0 Å². The van der Waals surface area contributed by atoms with Crippen LogP contribution in [0.25, 0.3) is 0 Å². The van der Waals surface area contributed by atoms with Gasteiger partial charge in [-0.2, -0.15) is 0 Å². The molecular weight excluding hydrogens is 246 g/mol. The normalized spacial score (nSPS) is 29.9. The Morgan fingerprint density at radius 3 is 2.45 bits per heavy atom. The highest BCUT2D eigenvalue weighted by Gasteiger charge is 2.28. The van der Waals surface area contributed by atoms with E-state index in [1.807, 2.05) is 18.2 Å². The minimum absolute atomic E-state index is 0.0177. The quantitative estimate of drug-likeness (QED) is 0.869. The minimum Gasteiger partial charge on any atom is -0.373 e. The van der Waals surface area contributed by atoms with Gasteiger partial charge < -0.3 is 10.5 Å². The van der Waals surface area contributed by atoms with E-state index in [1.165, 1.54) is 24.8 Å². The highest BCUT2D eigenvalue weighted by Crippen LogP contribution is 2.33. The van der Waals surface area contributed by atoms with Crippen LogP contribution in [-0.2, 0) is 4.74 Å². The van der Waals surface area contributed by atoms with E-state index in [4.69, 9.17) is 10.5 Å². The summed E-state index contributed by atoms with van der Waals surface area (Å²) < 4.78 is 6.35. The maximum Gasteiger partial charge on any atom is 0.0768 e. The van der Waals surface area contributed by atoms with E-state index in [9.17, 15) is 0 Å². The van der Waals surface area contributed by atoms with Gasteiger partial charge >= 0.3 is 0 Å². The molecule has 0 aromatic heterocycles. The molecule has 2 N–H and O–H groups in total. The van der Waals surface area contributed by atoms with Gasteiger partial charge in [-0.1, -0.05) is 51.1 Å². The Kier molecular flexibility index (Phi) is 5.62. The Labute approximate surface area is 123 Å². The van der Waals surface area contributed by atoms with Gasteiger partial charge in [-0.15, -0.1) is 0 Å². The molecule has 0 saturated heterocycles. The van der Waals surface area contributed by atoms with Crippen LogP contribution in [0.1, 0.15) is 58.1 Å². The molecule has 2 heteroatoms. The molecule has 112 valence electrons. The van der Waals surface area contributed by atoms with Crippen LogP contribution in [0.5, 0.6) is 0 Å². The SMILES string of the molecule is CCC(OC1CCC(C)C(C)C1)C(N)c1ccccc1. The van der Waals surface area contributed by atoms with Crippen molar-refractivity contribution in [1.29, 1.82) is 0 Å². The predicted octanol–water partition coefficient (Wildman–Crippen LogP) is 4.31. The average molecular weight is 275 g/mol. The van der Waals surface area contributed by atoms with E-state index in [0.717, 1.165) is 18.3 Å². The molecule has 5 atom stereocenters. The summed E-state index contributed by atoms with van der Waals surface area (Å²) in [6.45, 7) is 6.87. The number of ether oxygens (including phenoxy) is 1. The monoisotopic (exact) mass is 275 g/mol. The largest absolute Gasteiger partial charge is 0.373 e. The summed E-state index contributed by atoms with van der Waals surface area (Å²) in [4.78, 5) is 0. The molecule has 1 aliphatic rings. The van der Waals surface area contributed by atoms with E-state index in [-0.39, 0.29) is 12.1 Å². The summed E-state index contributed by atoms with van der Waals surface area (Å²) in [5.74, 6) is 1.59. The minimum atomic E-state index is -0.0177. The molecule has 1 saturated carbocycles. The van der Waals surface area contributed by atoms with E-state index < -0.39 is 0 Å². The van der Waals surface area contributed by atoms with Crippen molar-refractivity contribution < 1.29 is 4.74 Å². The second-order valence-corrected chi connectivity index (χ2v) is 6.41. The fourth-order valence-electron chi connectivity index (χ4n) is 3.19. The third-order valence-corrected chi connectivity index (χ3v) is 4.90. The lowest BCUT2D eigenvalue weighted by Gasteiger charge is -2.35. The Bertz CT molecular complexity index is 392. The standard InChI is InChI=1S/C18H29NO/c1-4-17(18(19)15-8-6-5-7-9-15)20-16-11-10-13(2)14(3)12-16/h5-9,13-14,16-18H,4,10-12,19H2,1-3H3. The van der Waals surface area contributed by atoms with Gasteiger partial charge in [0.25, 0.3) is 0 Å². The third-order valence-electron chi connectivity index (χ3n) is 4.90. The second-order valence-electron chi connectivity index (χ2n) is 6.41. The molecule has 0 bridgehead atoms. The van der Waals surface area contributed by atoms with E-state index >= 15 is 0 Å². The van der Waals surface area contributed by atoms with Gasteiger partial charge in [-0.3, -0.25) is 0 Å². The molecule has 1 aliphatic carbocycles. The zero-order valence-corrected chi connectivity index (χ0v) is 13.1. The van der Waals surface area contributed by atoms with E-state index in [1.54, 1.807) is 0 Å². The first-order valence-electron chi connectivity index (χ1n) is 8.07. The molecule has 0 heterocycles. The fourth-order valence-corrected chi connectivity index (χ4v) is 3.19. The zero-order valence-electron chi connectivity index (χ0n) is 13.1. The molecule has 0 radical (unpaired) electrons. The van der Waals surface area contributed by atoms with Crippen molar-refractivity contribution in [1.82, 2.24) is 0 Å². The fraction of sp³-hybridized carbons (Fsp3) is 0.667. The van der Waals surface area contributed by atoms with Crippen molar-refractivity contribution in [3.05, 3.63) is 35.9 Å². The van der Waals surface area contributed by atoms with Crippen LogP contribution in [0.4, 0.5) is 0 Å². The molecule has 20 heavy (non-hydrogen) atoms. The number of hydrogen-bond donors (Lipinski definition) is 1. The third kappa shape index (κ3) is 3.83. The van der Waals surface area contributed by atoms with Gasteiger partial charge in [0.2, 0.25) is 0 Å². The van der Waals surface area contributed by atoms with Crippen molar-refractivity contribution in [2.45, 2.75) is 64.7 Å². The van der Waals surface area contributed by atoms with Gasteiger partial charge in [0.05, 0.1) is 18.2 Å². The lowest BCUT2D eigenvalue weighted by Crippen LogP contribution is -2.35. The summed E-state index contributed by atoms with van der Waals surface area (Å²) >= 11 is 0. The molecule has 1 fully saturated rings. The molecule has 1 aromatic carbocycles. The van der Waals surface area contributed by atoms with Gasteiger partial charge in [0.1, 0.15) is 0 Å². The summed E-state index contributed by atoms with van der Waals surface area (Å²) in [6, 6.07) is 10.3. The zero-order chi connectivity index (χ0) is 14.5. The predicted molar refractivity (Wildman–Crippen MR) is 84.5 cm³/mol. The maximum absolute atomic E-state index is 6.40. The Hall–Kier alpha value is -0.860. The molecule has 0 aliphatic heterocycles. The topological polar surface area (TPSA) is 35.2 Å². The van der Waals surface area contributed by atoms with Crippen LogP contribution in [0.3, 0.4) is 0 Å². The summed E-state index contributed by atoms with van der Waals surface area (Å²) in [7, 11) is 0. The molecule has 5 unspecified atom stereocenters. The van der Waals surface area contributed by atoms with Crippen molar-refractivity contribution in [2.75, 3.05) is 0 Å². The molecule has 0 amide bonds. The number of nitrogens with two attached hydrogens (primary N) is 1. The Morgan fingerprint density at radius 1 is 1.15 bits per heavy atom. The summed E-state index contributed by atoms with van der Waals surface area (Å²) in [5.41, 5.74) is 7.58. The number of benzene rings is 1. The Balaban J connectivity index is 1.95. The molecule has 1 aromatic rings. The highest BCUT2D eigenvalue weighted by molar-refractivity contribution is 5.19. The van der Waals surface area contributed by atoms with Gasteiger partial charge in [-0.05, 0) is 43.1 Å². The van der Waals surface area contributed by atoms with Crippen LogP contribution in [0, 0.1) is 11.8 Å². The lowest BCUT2D eigenvalue weighted by atomic mass is 9.80. The summed E-state index contributed by atoms with van der Waals surface area (Å²) in [6.07, 6.45) is 5.13. The smallest absolute Gasteiger partial charge is 0.0768 e. The highest BCUT2D eigenvalue weighted by atomic mass is 16.5. The molecule has 0 spiro atoms. The van der Waals surface area contributed by atoms with Crippen LogP contribution in [0.15, 0.2) is 30.3 Å². The first-order chi connectivity index (χ1) is 9.61. The van der Waals surface area contributed by atoms with Crippen molar-refractivity contribution in [3.8, 4) is 0 Å². The first kappa shape index (κ1) is 15.5. The second kappa shape index (κ2) is 7.24. The first-order valence-corrected chi connectivity index (χ1v) is 8.07. The molecule has 2 rings (SSSR count). The van der Waals surface area contributed by atoms with E-state index in [0.29, 0.717) is 6.10 Å². The lowest BCUT2D eigenvalue weighted by molar-refractivity contribution is -0.0587. The van der Waals surface area contributed by atoms with Crippen LogP contribution in [-0.4, -0.2) is 12.2 Å². The maximum atomic E-state index is 6.40. The Morgan fingerprint density at radius 2 is 1.85 bits per heavy atom. The van der Waals surface area contributed by atoms with Crippen molar-refractivity contribution in [2.24, 2.45) is 17.6 Å². The molecular formula is C18H29NO. The van der Waals surface area contributed by atoms with Gasteiger partial charge in [0, 0.05) is 0 Å². The average Bonchev–Trinajstić information content (AvgIpc) is 2.48. The number of rotatable bonds is 5. The van der Waals surface area contributed by atoms with Crippen molar-refractivity contribution in [3.63, 3.8) is 0 Å².